The first-order valence-corrected chi connectivity index (χ1v) is 12.7. The predicted molar refractivity (Wildman–Crippen MR) is 146 cm³/mol. The molecule has 2 N–H and O–H groups in total. The molecule has 1 amide bonds. The number of aryl methyl sites for hydroxylation is 1. The quantitative estimate of drug-likeness (QED) is 0.275. The Bertz CT molecular complexity index is 1880. The molecule has 4 aromatic heterocycles. The number of fused-ring (bicyclic) bond motifs is 3. The second-order valence-electron chi connectivity index (χ2n) is 10.1. The minimum absolute atomic E-state index is 0.0230. The van der Waals surface area contributed by atoms with Gasteiger partial charge >= 0.3 is 6.18 Å². The molecule has 0 saturated heterocycles. The van der Waals surface area contributed by atoms with Crippen LogP contribution in [0.3, 0.4) is 0 Å². The number of aromatic nitrogens is 6. The number of rotatable bonds is 5. The predicted octanol–water partition coefficient (Wildman–Crippen LogP) is 5.58. The van der Waals surface area contributed by atoms with Crippen molar-refractivity contribution in [1.82, 2.24) is 34.0 Å². The van der Waals surface area contributed by atoms with Crippen LogP contribution in [0.4, 0.5) is 30.6 Å². The topological polar surface area (TPSA) is 115 Å². The van der Waals surface area contributed by atoms with Crippen LogP contribution in [0.1, 0.15) is 35.3 Å². The van der Waals surface area contributed by atoms with Crippen molar-refractivity contribution in [2.45, 2.75) is 25.6 Å². The van der Waals surface area contributed by atoms with Crippen LogP contribution in [0.25, 0.3) is 16.7 Å². The average molecular weight is 586 g/mol. The summed E-state index contributed by atoms with van der Waals surface area (Å²) in [6, 6.07) is 2.38. The van der Waals surface area contributed by atoms with Crippen LogP contribution in [0.5, 0.6) is 11.5 Å². The zero-order valence-corrected chi connectivity index (χ0v) is 23.2. The molecular weight excluding hydrogens is 563 g/mol. The van der Waals surface area contributed by atoms with Gasteiger partial charge in [-0.05, 0) is 26.0 Å². The van der Waals surface area contributed by atoms with Crippen molar-refractivity contribution in [1.29, 1.82) is 0 Å². The molecule has 1 aliphatic heterocycles. The third kappa shape index (κ3) is 4.08. The molecule has 0 aliphatic carbocycles. The van der Waals surface area contributed by atoms with Crippen LogP contribution in [0.15, 0.2) is 36.9 Å². The molecule has 5 heterocycles. The molecule has 1 aliphatic rings. The number of halogens is 4. The number of pyridine rings is 1. The fourth-order valence-electron chi connectivity index (χ4n) is 4.98. The van der Waals surface area contributed by atoms with Crippen molar-refractivity contribution in [3.8, 4) is 11.5 Å². The number of benzene rings is 1. The average Bonchev–Trinajstić information content (AvgIpc) is 3.52. The molecule has 6 rings (SSSR count). The molecule has 212 valence electrons. The zero-order valence-electron chi connectivity index (χ0n) is 22.4. The van der Waals surface area contributed by atoms with Crippen LogP contribution in [0.2, 0.25) is 5.02 Å². The Morgan fingerprint density at radius 3 is 2.54 bits per heavy atom. The number of hydrogen-bond acceptors (Lipinski definition) is 8. The van der Waals surface area contributed by atoms with Gasteiger partial charge in [0, 0.05) is 38.0 Å². The van der Waals surface area contributed by atoms with Gasteiger partial charge < -0.3 is 24.8 Å². The summed E-state index contributed by atoms with van der Waals surface area (Å²) in [6.45, 7) is 3.17. The zero-order chi connectivity index (χ0) is 29.4. The molecule has 0 bridgehead atoms. The Kier molecular flexibility index (Phi) is 5.82. The van der Waals surface area contributed by atoms with E-state index in [4.69, 9.17) is 16.3 Å². The first kappa shape index (κ1) is 26.6. The van der Waals surface area contributed by atoms with Gasteiger partial charge in [0.1, 0.15) is 21.9 Å². The SMILES string of the molecule is CNc1cn2ncc(Oc3cnc4nc(Nc5cc6c(c(C(F)(F)F)c5)C(C)(C)N(C)C6=O)n(C)c4c3Cl)c2cn1. The summed E-state index contributed by atoms with van der Waals surface area (Å²) in [5.74, 6) is 0.889. The van der Waals surface area contributed by atoms with Crippen LogP contribution >= 0.6 is 11.6 Å². The van der Waals surface area contributed by atoms with Gasteiger partial charge in [-0.25, -0.2) is 14.5 Å². The van der Waals surface area contributed by atoms with E-state index in [-0.39, 0.29) is 39.2 Å². The second-order valence-corrected chi connectivity index (χ2v) is 10.4. The van der Waals surface area contributed by atoms with Crippen molar-refractivity contribution >= 4 is 51.6 Å². The van der Waals surface area contributed by atoms with E-state index >= 15 is 0 Å². The van der Waals surface area contributed by atoms with Crippen molar-refractivity contribution in [2.24, 2.45) is 7.05 Å². The van der Waals surface area contributed by atoms with Crippen LogP contribution in [0, 0.1) is 0 Å². The smallest absolute Gasteiger partial charge is 0.416 e. The highest BCUT2D eigenvalue weighted by molar-refractivity contribution is 6.36. The van der Waals surface area contributed by atoms with Gasteiger partial charge in [-0.15, -0.1) is 0 Å². The van der Waals surface area contributed by atoms with E-state index in [1.807, 2.05) is 0 Å². The molecule has 5 aromatic rings. The minimum atomic E-state index is -4.68. The molecule has 15 heteroatoms. The normalized spacial score (nSPS) is 14.7. The Labute approximate surface area is 235 Å². The standard InChI is InChI=1S/C26H23ClF3N9O2/c1-25(2)19-13(23(40)38(25)5)6-12(7-14(19)26(28,29)30)35-24-36-22-21(37(24)4)20(27)17(9-33-22)41-16-10-34-39-11-18(31-3)32-8-15(16)39/h6-11,31H,1-5H3,(H,33,35,36). The number of imidazole rings is 1. The van der Waals surface area contributed by atoms with Crippen LogP contribution in [-0.2, 0) is 18.8 Å². The Morgan fingerprint density at radius 2 is 1.83 bits per heavy atom. The van der Waals surface area contributed by atoms with E-state index in [1.54, 1.807) is 49.4 Å². The largest absolute Gasteiger partial charge is 0.450 e. The molecule has 11 nitrogen and oxygen atoms in total. The molecule has 0 unspecified atom stereocenters. The fourth-order valence-corrected chi connectivity index (χ4v) is 5.28. The number of carbonyl (C=O) groups is 1. The number of nitrogens with one attached hydrogen (secondary N) is 2. The van der Waals surface area contributed by atoms with Gasteiger partial charge in [-0.3, -0.25) is 4.79 Å². The molecule has 0 atom stereocenters. The number of ether oxygens (including phenoxy) is 1. The number of carbonyl (C=O) groups excluding carboxylic acids is 1. The highest BCUT2D eigenvalue weighted by atomic mass is 35.5. The van der Waals surface area contributed by atoms with Gasteiger partial charge in [0.25, 0.3) is 5.91 Å². The Morgan fingerprint density at radius 1 is 1.07 bits per heavy atom. The van der Waals surface area contributed by atoms with Gasteiger partial charge in [-0.1, -0.05) is 11.6 Å². The summed E-state index contributed by atoms with van der Waals surface area (Å²) in [7, 11) is 4.86. The highest BCUT2D eigenvalue weighted by Crippen LogP contribution is 2.47. The summed E-state index contributed by atoms with van der Waals surface area (Å²) >= 11 is 6.70. The van der Waals surface area contributed by atoms with Crippen LogP contribution in [-0.4, -0.2) is 54.0 Å². The lowest BCUT2D eigenvalue weighted by Gasteiger charge is -2.30. The second kappa shape index (κ2) is 8.96. The lowest BCUT2D eigenvalue weighted by atomic mass is 9.88. The number of amides is 1. The maximum absolute atomic E-state index is 14.2. The summed E-state index contributed by atoms with van der Waals surface area (Å²) < 4.78 is 51.6. The third-order valence-corrected chi connectivity index (χ3v) is 7.70. The third-order valence-electron chi connectivity index (χ3n) is 7.34. The monoisotopic (exact) mass is 585 g/mol. The molecule has 0 saturated carbocycles. The molecule has 0 fully saturated rings. The summed E-state index contributed by atoms with van der Waals surface area (Å²) in [5, 5.41) is 10.3. The van der Waals surface area contributed by atoms with Crippen molar-refractivity contribution in [3.05, 3.63) is 58.6 Å². The van der Waals surface area contributed by atoms with Gasteiger partial charge in [0.05, 0.1) is 35.9 Å². The Hall–Kier alpha value is -4.59. The van der Waals surface area contributed by atoms with E-state index < -0.39 is 23.2 Å². The number of hydrogen-bond donors (Lipinski definition) is 2. The number of nitrogens with zero attached hydrogens (tertiary/aromatic N) is 7. The maximum Gasteiger partial charge on any atom is 0.416 e. The van der Waals surface area contributed by atoms with Crippen molar-refractivity contribution < 1.29 is 22.7 Å². The van der Waals surface area contributed by atoms with Crippen LogP contribution < -0.4 is 15.4 Å². The first-order valence-electron chi connectivity index (χ1n) is 12.3. The number of alkyl halides is 3. The first-order chi connectivity index (χ1) is 19.3. The fraction of sp³-hybridized carbons (Fsp3) is 0.269. The van der Waals surface area contributed by atoms with E-state index in [0.717, 1.165) is 6.07 Å². The highest BCUT2D eigenvalue weighted by Gasteiger charge is 2.48. The van der Waals surface area contributed by atoms with Gasteiger partial charge in [0.15, 0.2) is 17.1 Å². The van der Waals surface area contributed by atoms with Crippen molar-refractivity contribution in [3.63, 3.8) is 0 Å². The molecule has 0 spiro atoms. The van der Waals surface area contributed by atoms with Crippen molar-refractivity contribution in [2.75, 3.05) is 24.7 Å². The molecule has 41 heavy (non-hydrogen) atoms. The van der Waals surface area contributed by atoms with Gasteiger partial charge in [0.2, 0.25) is 5.95 Å². The summed E-state index contributed by atoms with van der Waals surface area (Å²) in [4.78, 5) is 27.2. The minimum Gasteiger partial charge on any atom is -0.450 e. The van der Waals surface area contributed by atoms with Gasteiger partial charge in [-0.2, -0.15) is 23.3 Å². The van der Waals surface area contributed by atoms with E-state index in [2.05, 4.69) is 30.7 Å². The molecular formula is C26H23ClF3N9O2. The van der Waals surface area contributed by atoms with E-state index in [0.29, 0.717) is 22.6 Å². The number of anilines is 3. The molecule has 0 radical (unpaired) electrons. The van der Waals surface area contributed by atoms with E-state index in [9.17, 15) is 18.0 Å². The summed E-state index contributed by atoms with van der Waals surface area (Å²) in [6.07, 6.45) is 1.51. The lowest BCUT2D eigenvalue weighted by molar-refractivity contribution is -0.139. The Balaban J connectivity index is 1.38. The van der Waals surface area contributed by atoms with E-state index in [1.165, 1.54) is 30.4 Å². The lowest BCUT2D eigenvalue weighted by Crippen LogP contribution is -2.36. The maximum atomic E-state index is 14.2. The summed E-state index contributed by atoms with van der Waals surface area (Å²) in [5.41, 5.74) is -0.859. The molecule has 1 aromatic carbocycles.